The molecule has 0 saturated carbocycles. The van der Waals surface area contributed by atoms with Crippen LogP contribution < -0.4 is 0 Å². The minimum absolute atomic E-state index is 0.488. The number of amides is 1. The lowest BCUT2D eigenvalue weighted by Crippen LogP contribution is -2.33. The van der Waals surface area contributed by atoms with Gasteiger partial charge in [-0.2, -0.15) is 0 Å². The van der Waals surface area contributed by atoms with Crippen LogP contribution in [0.5, 0.6) is 0 Å². The van der Waals surface area contributed by atoms with E-state index in [4.69, 9.17) is 4.74 Å². The van der Waals surface area contributed by atoms with Gasteiger partial charge in [0.05, 0.1) is 6.61 Å². The molecule has 0 radical (unpaired) electrons. The van der Waals surface area contributed by atoms with Crippen molar-refractivity contribution in [1.82, 2.24) is 4.90 Å². The van der Waals surface area contributed by atoms with Gasteiger partial charge in [-0.1, -0.05) is 147 Å². The molecule has 0 fully saturated rings. The first-order valence-corrected chi connectivity index (χ1v) is 18.7. The van der Waals surface area contributed by atoms with E-state index < -0.39 is 6.09 Å². The fraction of sp³-hybridized carbons (Fsp3) is 0.821. The van der Waals surface area contributed by atoms with Crippen molar-refractivity contribution in [1.29, 1.82) is 0 Å². The van der Waals surface area contributed by atoms with Crippen molar-refractivity contribution in [3.63, 3.8) is 0 Å². The molecule has 0 saturated heterocycles. The summed E-state index contributed by atoms with van der Waals surface area (Å²) in [5, 5.41) is 9.51. The standard InChI is InChI=1S/C39H73NO3/c1-3-5-7-9-11-13-15-17-19-21-23-25-27-29-31-33-35-40(39(41)42)36-38-43-37-34-32-30-28-26-24-22-20-18-16-14-12-10-8-6-4-2/h11,13,17-20H,3-10,12,14-16,21-38H2,1-2H3,(H,41,42)/b13-11-,19-17-,20-18-. The molecule has 0 spiro atoms. The lowest BCUT2D eigenvalue weighted by atomic mass is 10.1. The molecule has 0 aromatic rings. The maximum Gasteiger partial charge on any atom is 0.407 e. The summed E-state index contributed by atoms with van der Waals surface area (Å²) >= 11 is 0. The van der Waals surface area contributed by atoms with Crippen LogP contribution in [0.2, 0.25) is 0 Å². The predicted octanol–water partition coefficient (Wildman–Crippen LogP) is 12.8. The second-order valence-corrected chi connectivity index (χ2v) is 12.4. The Hall–Kier alpha value is -1.55. The molecule has 4 nitrogen and oxygen atoms in total. The van der Waals surface area contributed by atoms with Crippen LogP contribution in [0.25, 0.3) is 0 Å². The monoisotopic (exact) mass is 604 g/mol. The molecule has 252 valence electrons. The normalized spacial score (nSPS) is 12.0. The molecular formula is C39H73NO3. The molecule has 0 aromatic carbocycles. The lowest BCUT2D eigenvalue weighted by Gasteiger charge is -2.19. The van der Waals surface area contributed by atoms with Crippen molar-refractivity contribution in [2.24, 2.45) is 0 Å². The Morgan fingerprint density at radius 2 is 0.884 bits per heavy atom. The number of carboxylic acid groups (broad SMARTS) is 1. The van der Waals surface area contributed by atoms with Crippen molar-refractivity contribution >= 4 is 6.09 Å². The van der Waals surface area contributed by atoms with Gasteiger partial charge in [-0.15, -0.1) is 0 Å². The smallest absolute Gasteiger partial charge is 0.407 e. The fourth-order valence-corrected chi connectivity index (χ4v) is 5.32. The minimum atomic E-state index is -0.816. The Morgan fingerprint density at radius 3 is 1.40 bits per heavy atom. The van der Waals surface area contributed by atoms with Crippen LogP contribution in [0.1, 0.15) is 181 Å². The summed E-state index contributed by atoms with van der Waals surface area (Å²) in [6.45, 7) is 6.90. The third-order valence-electron chi connectivity index (χ3n) is 8.21. The van der Waals surface area contributed by atoms with Crippen LogP contribution in [-0.2, 0) is 4.74 Å². The summed E-state index contributed by atoms with van der Waals surface area (Å²) in [5.41, 5.74) is 0. The quantitative estimate of drug-likeness (QED) is 0.0588. The van der Waals surface area contributed by atoms with Gasteiger partial charge in [-0.25, -0.2) is 4.79 Å². The minimum Gasteiger partial charge on any atom is -0.465 e. The highest BCUT2D eigenvalue weighted by molar-refractivity contribution is 5.64. The van der Waals surface area contributed by atoms with E-state index in [1.165, 1.54) is 146 Å². The number of carbonyl (C=O) groups is 1. The van der Waals surface area contributed by atoms with E-state index in [-0.39, 0.29) is 0 Å². The van der Waals surface area contributed by atoms with E-state index in [2.05, 4.69) is 50.3 Å². The second-order valence-electron chi connectivity index (χ2n) is 12.4. The van der Waals surface area contributed by atoms with Gasteiger partial charge in [0.25, 0.3) is 0 Å². The number of nitrogens with zero attached hydrogens (tertiary/aromatic N) is 1. The van der Waals surface area contributed by atoms with Crippen LogP contribution in [0.3, 0.4) is 0 Å². The number of rotatable bonds is 34. The molecule has 0 rings (SSSR count). The molecule has 43 heavy (non-hydrogen) atoms. The van der Waals surface area contributed by atoms with Crippen LogP contribution >= 0.6 is 0 Å². The first-order chi connectivity index (χ1) is 21.2. The summed E-state index contributed by atoms with van der Waals surface area (Å²) in [7, 11) is 0. The van der Waals surface area contributed by atoms with Crippen LogP contribution in [0, 0.1) is 0 Å². The number of hydrogen-bond donors (Lipinski definition) is 1. The van der Waals surface area contributed by atoms with Crippen LogP contribution in [-0.4, -0.2) is 42.4 Å². The Labute approximate surface area is 268 Å². The molecule has 0 aliphatic heterocycles. The van der Waals surface area contributed by atoms with Gasteiger partial charge < -0.3 is 14.7 Å². The van der Waals surface area contributed by atoms with Crippen molar-refractivity contribution in [3.05, 3.63) is 36.5 Å². The Kier molecular flexibility index (Phi) is 35.3. The summed E-state index contributed by atoms with van der Waals surface area (Å²) in [6.07, 6.45) is 45.9. The van der Waals surface area contributed by atoms with Gasteiger partial charge in [0.2, 0.25) is 0 Å². The molecule has 4 heteroatoms. The third-order valence-corrected chi connectivity index (χ3v) is 8.21. The topological polar surface area (TPSA) is 49.8 Å². The van der Waals surface area contributed by atoms with Gasteiger partial charge >= 0.3 is 6.09 Å². The van der Waals surface area contributed by atoms with Gasteiger partial charge in [-0.3, -0.25) is 0 Å². The summed E-state index contributed by atoms with van der Waals surface area (Å²) in [6, 6.07) is 0. The van der Waals surface area contributed by atoms with Crippen molar-refractivity contribution in [2.45, 2.75) is 181 Å². The first kappa shape index (κ1) is 41.4. The van der Waals surface area contributed by atoms with Crippen molar-refractivity contribution < 1.29 is 14.6 Å². The maximum atomic E-state index is 11.6. The highest BCUT2D eigenvalue weighted by Crippen LogP contribution is 2.11. The highest BCUT2D eigenvalue weighted by atomic mass is 16.5. The van der Waals surface area contributed by atoms with Crippen LogP contribution in [0.15, 0.2) is 36.5 Å². The average molecular weight is 604 g/mol. The Balaban J connectivity index is 3.46. The number of ether oxygens (including phenoxy) is 1. The van der Waals surface area contributed by atoms with Crippen LogP contribution in [0.4, 0.5) is 4.79 Å². The molecule has 1 N–H and O–H groups in total. The van der Waals surface area contributed by atoms with E-state index in [0.717, 1.165) is 32.3 Å². The largest absolute Gasteiger partial charge is 0.465 e. The summed E-state index contributed by atoms with van der Waals surface area (Å²) < 4.78 is 5.74. The Morgan fingerprint density at radius 1 is 0.488 bits per heavy atom. The first-order valence-electron chi connectivity index (χ1n) is 18.7. The third kappa shape index (κ3) is 34.8. The summed E-state index contributed by atoms with van der Waals surface area (Å²) in [4.78, 5) is 13.1. The molecule has 0 heterocycles. The van der Waals surface area contributed by atoms with Crippen molar-refractivity contribution in [3.8, 4) is 0 Å². The Bertz CT molecular complexity index is 642. The average Bonchev–Trinajstić information content (AvgIpc) is 3.00. The molecule has 0 unspecified atom stereocenters. The van der Waals surface area contributed by atoms with Gasteiger partial charge in [0, 0.05) is 19.7 Å². The van der Waals surface area contributed by atoms with E-state index in [0.29, 0.717) is 19.7 Å². The zero-order valence-corrected chi connectivity index (χ0v) is 28.9. The highest BCUT2D eigenvalue weighted by Gasteiger charge is 2.10. The number of allylic oxidation sites excluding steroid dienone is 6. The fourth-order valence-electron chi connectivity index (χ4n) is 5.32. The zero-order chi connectivity index (χ0) is 31.3. The number of unbranched alkanes of at least 4 members (excludes halogenated alkanes) is 21. The van der Waals surface area contributed by atoms with E-state index >= 15 is 0 Å². The molecule has 0 aliphatic carbocycles. The van der Waals surface area contributed by atoms with Gasteiger partial charge in [0.15, 0.2) is 0 Å². The molecule has 0 aromatic heterocycles. The van der Waals surface area contributed by atoms with E-state index in [1.807, 2.05) is 0 Å². The molecule has 1 amide bonds. The van der Waals surface area contributed by atoms with E-state index in [9.17, 15) is 9.90 Å². The SMILES string of the molecule is CCCCC/C=C\C/C=C\CCCCCCCCN(CCOCCCCCCCC/C=C\CCCCCCCC)C(=O)O. The number of hydrogen-bond acceptors (Lipinski definition) is 2. The zero-order valence-electron chi connectivity index (χ0n) is 28.9. The molecule has 0 aliphatic rings. The molecule has 0 atom stereocenters. The summed E-state index contributed by atoms with van der Waals surface area (Å²) in [5.74, 6) is 0. The van der Waals surface area contributed by atoms with Gasteiger partial charge in [0.1, 0.15) is 0 Å². The maximum absolute atomic E-state index is 11.6. The second kappa shape index (κ2) is 36.6. The molecular weight excluding hydrogens is 530 g/mol. The predicted molar refractivity (Wildman–Crippen MR) is 189 cm³/mol. The molecule has 0 bridgehead atoms. The van der Waals surface area contributed by atoms with E-state index in [1.54, 1.807) is 0 Å². The van der Waals surface area contributed by atoms with Gasteiger partial charge in [-0.05, 0) is 70.6 Å². The van der Waals surface area contributed by atoms with Crippen molar-refractivity contribution in [2.75, 3.05) is 26.3 Å². The lowest BCUT2D eigenvalue weighted by molar-refractivity contribution is 0.0915.